The van der Waals surface area contributed by atoms with Gasteiger partial charge in [-0.3, -0.25) is 4.99 Å². The number of benzene rings is 1. The van der Waals surface area contributed by atoms with E-state index in [1.54, 1.807) is 12.1 Å². The number of aliphatic hydroxyl groups is 1. The van der Waals surface area contributed by atoms with Crippen LogP contribution in [0.5, 0.6) is 0 Å². The van der Waals surface area contributed by atoms with Crippen molar-refractivity contribution in [2.75, 3.05) is 32.8 Å². The third kappa shape index (κ3) is 8.84. The summed E-state index contributed by atoms with van der Waals surface area (Å²) >= 11 is 0. The van der Waals surface area contributed by atoms with Crippen LogP contribution in [0, 0.1) is 11.7 Å². The van der Waals surface area contributed by atoms with Gasteiger partial charge in [-0.25, -0.2) is 4.39 Å². The van der Waals surface area contributed by atoms with E-state index in [1.807, 2.05) is 13.0 Å². The largest absolute Gasteiger partial charge is 0.389 e. The Labute approximate surface area is 144 Å². The standard InChI is InChI=1S/C18H30FN3O2/c1-4-20-18(22-11-16(23)13-24-12-14(2)3)21-10-9-15-7-5-6-8-17(15)19/h5-8,14,16,23H,4,9-13H2,1-3H3,(H2,20,21,22). The molecule has 0 aliphatic carbocycles. The monoisotopic (exact) mass is 339 g/mol. The van der Waals surface area contributed by atoms with Crippen molar-refractivity contribution in [3.8, 4) is 0 Å². The second-order valence-electron chi connectivity index (χ2n) is 6.07. The van der Waals surface area contributed by atoms with E-state index in [4.69, 9.17) is 4.74 Å². The lowest BCUT2D eigenvalue weighted by Crippen LogP contribution is -2.39. The molecular weight excluding hydrogens is 309 g/mol. The molecule has 1 unspecified atom stereocenters. The molecule has 3 N–H and O–H groups in total. The number of halogens is 1. The molecule has 1 atom stereocenters. The van der Waals surface area contributed by atoms with Crippen LogP contribution in [-0.4, -0.2) is 50.0 Å². The Morgan fingerprint density at radius 2 is 2.00 bits per heavy atom. The fourth-order valence-corrected chi connectivity index (χ4v) is 2.05. The Balaban J connectivity index is 2.37. The van der Waals surface area contributed by atoms with Crippen LogP contribution in [0.1, 0.15) is 26.3 Å². The molecule has 0 aliphatic heterocycles. The molecule has 136 valence electrons. The van der Waals surface area contributed by atoms with Gasteiger partial charge in [0.1, 0.15) is 5.82 Å². The number of guanidine groups is 1. The molecule has 0 saturated heterocycles. The van der Waals surface area contributed by atoms with Gasteiger partial charge in [0.05, 0.1) is 19.3 Å². The predicted molar refractivity (Wildman–Crippen MR) is 95.7 cm³/mol. The van der Waals surface area contributed by atoms with Gasteiger partial charge in [0.2, 0.25) is 0 Å². The smallest absolute Gasteiger partial charge is 0.191 e. The van der Waals surface area contributed by atoms with Crippen molar-refractivity contribution in [2.24, 2.45) is 10.9 Å². The van der Waals surface area contributed by atoms with Crippen LogP contribution in [-0.2, 0) is 11.2 Å². The van der Waals surface area contributed by atoms with Gasteiger partial charge < -0.3 is 20.5 Å². The number of hydrogen-bond donors (Lipinski definition) is 3. The van der Waals surface area contributed by atoms with Crippen molar-refractivity contribution >= 4 is 5.96 Å². The van der Waals surface area contributed by atoms with Crippen LogP contribution in [0.15, 0.2) is 29.3 Å². The maximum Gasteiger partial charge on any atom is 0.191 e. The molecule has 24 heavy (non-hydrogen) atoms. The quantitative estimate of drug-likeness (QED) is 0.450. The Morgan fingerprint density at radius 1 is 1.25 bits per heavy atom. The molecule has 6 heteroatoms. The molecule has 1 aromatic carbocycles. The van der Waals surface area contributed by atoms with Crippen molar-refractivity contribution in [3.63, 3.8) is 0 Å². The lowest BCUT2D eigenvalue weighted by atomic mass is 10.1. The van der Waals surface area contributed by atoms with Gasteiger partial charge in [-0.2, -0.15) is 0 Å². The van der Waals surface area contributed by atoms with Gasteiger partial charge in [-0.05, 0) is 30.9 Å². The first-order valence-electron chi connectivity index (χ1n) is 8.54. The zero-order valence-electron chi connectivity index (χ0n) is 14.9. The van der Waals surface area contributed by atoms with Crippen LogP contribution < -0.4 is 10.6 Å². The SMILES string of the molecule is CCNC(=NCC(O)COCC(C)C)NCCc1ccccc1F. The van der Waals surface area contributed by atoms with Crippen molar-refractivity contribution in [1.29, 1.82) is 0 Å². The molecule has 0 fully saturated rings. The van der Waals surface area contributed by atoms with Crippen molar-refractivity contribution in [1.82, 2.24) is 10.6 Å². The summed E-state index contributed by atoms with van der Waals surface area (Å²) in [6.07, 6.45) is -0.0669. The maximum atomic E-state index is 13.6. The first-order chi connectivity index (χ1) is 11.5. The number of rotatable bonds is 10. The van der Waals surface area contributed by atoms with Crippen LogP contribution in [0.4, 0.5) is 4.39 Å². The molecule has 0 bridgehead atoms. The average Bonchev–Trinajstić information content (AvgIpc) is 2.54. The zero-order valence-corrected chi connectivity index (χ0v) is 14.9. The summed E-state index contributed by atoms with van der Waals surface area (Å²) in [6.45, 7) is 8.53. The summed E-state index contributed by atoms with van der Waals surface area (Å²) in [4.78, 5) is 4.34. The molecule has 1 aromatic rings. The predicted octanol–water partition coefficient (Wildman–Crippen LogP) is 1.96. The topological polar surface area (TPSA) is 65.9 Å². The third-order valence-electron chi connectivity index (χ3n) is 3.21. The summed E-state index contributed by atoms with van der Waals surface area (Å²) in [5.41, 5.74) is 0.669. The van der Waals surface area contributed by atoms with Crippen LogP contribution in [0.2, 0.25) is 0 Å². The fraction of sp³-hybridized carbons (Fsp3) is 0.611. The van der Waals surface area contributed by atoms with E-state index in [-0.39, 0.29) is 19.0 Å². The minimum absolute atomic E-state index is 0.195. The van der Waals surface area contributed by atoms with Gasteiger partial charge in [-0.1, -0.05) is 32.0 Å². The zero-order chi connectivity index (χ0) is 17.8. The molecule has 0 aliphatic rings. The molecule has 0 amide bonds. The van der Waals surface area contributed by atoms with E-state index in [9.17, 15) is 9.50 Å². The Kier molecular flexibility index (Phi) is 10.0. The number of aliphatic hydroxyl groups excluding tert-OH is 1. The Bertz CT molecular complexity index is 495. The van der Waals surface area contributed by atoms with E-state index in [1.165, 1.54) is 6.07 Å². The summed E-state index contributed by atoms with van der Waals surface area (Å²) in [7, 11) is 0. The van der Waals surface area contributed by atoms with Crippen LogP contribution in [0.3, 0.4) is 0 Å². The lowest BCUT2D eigenvalue weighted by Gasteiger charge is -2.14. The fourth-order valence-electron chi connectivity index (χ4n) is 2.05. The number of ether oxygens (including phenoxy) is 1. The van der Waals surface area contributed by atoms with Gasteiger partial charge in [0.15, 0.2) is 5.96 Å². The summed E-state index contributed by atoms with van der Waals surface area (Å²) in [6, 6.07) is 6.74. The highest BCUT2D eigenvalue weighted by atomic mass is 19.1. The summed E-state index contributed by atoms with van der Waals surface area (Å²) in [5, 5.41) is 16.1. The van der Waals surface area contributed by atoms with Gasteiger partial charge >= 0.3 is 0 Å². The first kappa shape index (κ1) is 20.4. The lowest BCUT2D eigenvalue weighted by molar-refractivity contribution is 0.0301. The van der Waals surface area contributed by atoms with E-state index in [0.717, 1.165) is 0 Å². The van der Waals surface area contributed by atoms with Crippen LogP contribution >= 0.6 is 0 Å². The van der Waals surface area contributed by atoms with E-state index in [2.05, 4.69) is 29.5 Å². The highest BCUT2D eigenvalue weighted by Gasteiger charge is 2.06. The molecule has 0 saturated carbocycles. The molecule has 0 radical (unpaired) electrons. The molecule has 0 spiro atoms. The normalized spacial score (nSPS) is 13.2. The van der Waals surface area contributed by atoms with E-state index >= 15 is 0 Å². The molecule has 0 aromatic heterocycles. The molecule has 0 heterocycles. The second kappa shape index (κ2) is 11.8. The van der Waals surface area contributed by atoms with Crippen molar-refractivity contribution in [2.45, 2.75) is 33.3 Å². The van der Waals surface area contributed by atoms with Crippen molar-refractivity contribution in [3.05, 3.63) is 35.6 Å². The number of aliphatic imine (C=N–C) groups is 1. The summed E-state index contributed by atoms with van der Waals surface area (Å²) in [5.74, 6) is 0.855. The minimum atomic E-state index is -0.634. The first-order valence-corrected chi connectivity index (χ1v) is 8.54. The van der Waals surface area contributed by atoms with Gasteiger partial charge in [0.25, 0.3) is 0 Å². The second-order valence-corrected chi connectivity index (χ2v) is 6.07. The average molecular weight is 339 g/mol. The maximum absolute atomic E-state index is 13.6. The molecular formula is C18H30FN3O2. The molecule has 5 nitrogen and oxygen atoms in total. The number of nitrogens with zero attached hydrogens (tertiary/aromatic N) is 1. The van der Waals surface area contributed by atoms with Gasteiger partial charge in [0, 0.05) is 19.7 Å². The highest BCUT2D eigenvalue weighted by Crippen LogP contribution is 2.06. The van der Waals surface area contributed by atoms with Gasteiger partial charge in [-0.15, -0.1) is 0 Å². The Hall–Kier alpha value is -1.66. The minimum Gasteiger partial charge on any atom is -0.389 e. The van der Waals surface area contributed by atoms with Crippen molar-refractivity contribution < 1.29 is 14.2 Å². The Morgan fingerprint density at radius 3 is 2.67 bits per heavy atom. The number of hydrogen-bond acceptors (Lipinski definition) is 3. The summed E-state index contributed by atoms with van der Waals surface area (Å²) < 4.78 is 19.0. The highest BCUT2D eigenvalue weighted by molar-refractivity contribution is 5.79. The van der Waals surface area contributed by atoms with E-state index in [0.29, 0.717) is 43.6 Å². The third-order valence-corrected chi connectivity index (χ3v) is 3.21. The number of nitrogens with one attached hydrogen (secondary N) is 2. The molecule has 1 rings (SSSR count). The van der Waals surface area contributed by atoms with E-state index < -0.39 is 6.10 Å². The van der Waals surface area contributed by atoms with Crippen LogP contribution in [0.25, 0.3) is 0 Å².